The molecule has 1 aliphatic rings. The zero-order valence-electron chi connectivity index (χ0n) is 10.4. The highest BCUT2D eigenvalue weighted by Gasteiger charge is 2.31. The van der Waals surface area contributed by atoms with Gasteiger partial charge >= 0.3 is 0 Å². The van der Waals surface area contributed by atoms with E-state index >= 15 is 0 Å². The number of aryl methyl sites for hydroxylation is 1. The van der Waals surface area contributed by atoms with Crippen LogP contribution in [0.1, 0.15) is 18.4 Å². The molecule has 6 N–H and O–H groups in total. The van der Waals surface area contributed by atoms with Gasteiger partial charge in [0.1, 0.15) is 0 Å². The molecule has 1 aromatic rings. The minimum atomic E-state index is 0.409. The molecule has 0 spiro atoms. The molecule has 94 valence electrons. The highest BCUT2D eigenvalue weighted by molar-refractivity contribution is 5.59. The molecular formula is C13H22N4. The molecule has 1 heterocycles. The van der Waals surface area contributed by atoms with Crippen LogP contribution in [0.5, 0.6) is 0 Å². The molecule has 0 bridgehead atoms. The monoisotopic (exact) mass is 234 g/mol. The van der Waals surface area contributed by atoms with Crippen molar-refractivity contribution in [1.29, 1.82) is 0 Å². The average Bonchev–Trinajstić information content (AvgIpc) is 2.75. The highest BCUT2D eigenvalue weighted by atomic mass is 15.2. The Kier molecular flexibility index (Phi) is 3.54. The summed E-state index contributed by atoms with van der Waals surface area (Å²) in [5.41, 5.74) is 20.7. The summed E-state index contributed by atoms with van der Waals surface area (Å²) in [6, 6.07) is 6.98. The van der Waals surface area contributed by atoms with Crippen LogP contribution in [0.2, 0.25) is 0 Å². The molecule has 1 fully saturated rings. The van der Waals surface area contributed by atoms with Crippen molar-refractivity contribution in [1.82, 2.24) is 0 Å². The molecule has 1 aromatic carbocycles. The SMILES string of the molecule is Cc1cc(N2C(CN)CCC2CN)ccc1N. The lowest BCUT2D eigenvalue weighted by molar-refractivity contribution is 0.633. The van der Waals surface area contributed by atoms with Crippen LogP contribution in [-0.2, 0) is 0 Å². The first-order valence-electron chi connectivity index (χ1n) is 6.22. The summed E-state index contributed by atoms with van der Waals surface area (Å²) in [4.78, 5) is 2.37. The maximum atomic E-state index is 5.85. The number of nitrogens with two attached hydrogens (primary N) is 3. The summed E-state index contributed by atoms with van der Waals surface area (Å²) in [6.45, 7) is 3.39. The molecule has 1 saturated heterocycles. The van der Waals surface area contributed by atoms with Crippen molar-refractivity contribution in [2.75, 3.05) is 23.7 Å². The minimum Gasteiger partial charge on any atom is -0.399 e. The molecule has 0 amide bonds. The maximum absolute atomic E-state index is 5.85. The molecule has 0 saturated carbocycles. The molecule has 0 aromatic heterocycles. The van der Waals surface area contributed by atoms with Crippen LogP contribution in [0.25, 0.3) is 0 Å². The third-order valence-electron chi connectivity index (χ3n) is 3.72. The van der Waals surface area contributed by atoms with Gasteiger partial charge in [0.05, 0.1) is 0 Å². The number of nitrogens with zero attached hydrogens (tertiary/aromatic N) is 1. The van der Waals surface area contributed by atoms with Gasteiger partial charge in [-0.25, -0.2) is 0 Å². The first-order valence-corrected chi connectivity index (χ1v) is 6.22. The van der Waals surface area contributed by atoms with Crippen LogP contribution >= 0.6 is 0 Å². The van der Waals surface area contributed by atoms with E-state index in [2.05, 4.69) is 17.0 Å². The van der Waals surface area contributed by atoms with E-state index in [9.17, 15) is 0 Å². The molecule has 1 aliphatic heterocycles. The number of benzene rings is 1. The average molecular weight is 234 g/mol. The van der Waals surface area contributed by atoms with E-state index in [-0.39, 0.29) is 0 Å². The Morgan fingerprint density at radius 2 is 1.76 bits per heavy atom. The largest absolute Gasteiger partial charge is 0.399 e. The lowest BCUT2D eigenvalue weighted by Crippen LogP contribution is -2.43. The molecule has 0 aliphatic carbocycles. The van der Waals surface area contributed by atoms with Gasteiger partial charge in [-0.3, -0.25) is 0 Å². The van der Waals surface area contributed by atoms with Crippen molar-refractivity contribution in [3.8, 4) is 0 Å². The van der Waals surface area contributed by atoms with Crippen LogP contribution in [0.15, 0.2) is 18.2 Å². The molecular weight excluding hydrogens is 212 g/mol. The number of nitrogen functional groups attached to an aromatic ring is 1. The van der Waals surface area contributed by atoms with Crippen molar-refractivity contribution in [2.45, 2.75) is 31.8 Å². The summed E-state index contributed by atoms with van der Waals surface area (Å²) < 4.78 is 0. The zero-order valence-corrected chi connectivity index (χ0v) is 10.4. The standard InChI is InChI=1S/C13H22N4/c1-9-6-10(4-5-13(9)16)17-11(7-14)2-3-12(17)8-15/h4-6,11-12H,2-3,7-8,14-16H2,1H3. The third-order valence-corrected chi connectivity index (χ3v) is 3.72. The van der Waals surface area contributed by atoms with Crippen molar-refractivity contribution < 1.29 is 0 Å². The smallest absolute Gasteiger partial charge is 0.0416 e. The van der Waals surface area contributed by atoms with Crippen LogP contribution in [0.4, 0.5) is 11.4 Å². The predicted octanol–water partition coefficient (Wildman–Crippen LogP) is 0.832. The maximum Gasteiger partial charge on any atom is 0.0416 e. The molecule has 17 heavy (non-hydrogen) atoms. The van der Waals surface area contributed by atoms with Gasteiger partial charge < -0.3 is 22.1 Å². The van der Waals surface area contributed by atoms with Gasteiger partial charge in [-0.05, 0) is 43.5 Å². The number of anilines is 2. The fourth-order valence-corrected chi connectivity index (χ4v) is 2.67. The van der Waals surface area contributed by atoms with E-state index in [0.717, 1.165) is 24.1 Å². The Morgan fingerprint density at radius 3 is 2.24 bits per heavy atom. The van der Waals surface area contributed by atoms with Gasteiger partial charge in [-0.1, -0.05) is 0 Å². The molecule has 0 radical (unpaired) electrons. The van der Waals surface area contributed by atoms with Crippen LogP contribution in [0, 0.1) is 6.92 Å². The van der Waals surface area contributed by atoms with E-state index < -0.39 is 0 Å². The fraction of sp³-hybridized carbons (Fsp3) is 0.538. The van der Waals surface area contributed by atoms with E-state index in [0.29, 0.717) is 25.2 Å². The number of hydrogen-bond donors (Lipinski definition) is 3. The number of rotatable bonds is 3. The van der Waals surface area contributed by atoms with Gasteiger partial charge in [0, 0.05) is 36.5 Å². The highest BCUT2D eigenvalue weighted by Crippen LogP contribution is 2.31. The van der Waals surface area contributed by atoms with Crippen LogP contribution < -0.4 is 22.1 Å². The Hall–Kier alpha value is -1.26. The molecule has 4 heteroatoms. The first-order chi connectivity index (χ1) is 8.17. The quantitative estimate of drug-likeness (QED) is 0.677. The van der Waals surface area contributed by atoms with E-state index in [4.69, 9.17) is 17.2 Å². The van der Waals surface area contributed by atoms with Gasteiger partial charge in [0.25, 0.3) is 0 Å². The molecule has 4 nitrogen and oxygen atoms in total. The van der Waals surface area contributed by atoms with E-state index in [1.807, 2.05) is 13.0 Å². The van der Waals surface area contributed by atoms with Gasteiger partial charge in [0.15, 0.2) is 0 Å². The first kappa shape index (κ1) is 12.2. The second-order valence-corrected chi connectivity index (χ2v) is 4.80. The zero-order chi connectivity index (χ0) is 12.4. The topological polar surface area (TPSA) is 81.3 Å². The predicted molar refractivity (Wildman–Crippen MR) is 73.0 cm³/mol. The minimum absolute atomic E-state index is 0.409. The Balaban J connectivity index is 2.31. The van der Waals surface area contributed by atoms with Gasteiger partial charge in [-0.15, -0.1) is 0 Å². The Labute approximate surface area is 103 Å². The summed E-state index contributed by atoms with van der Waals surface area (Å²) in [6.07, 6.45) is 2.25. The van der Waals surface area contributed by atoms with Gasteiger partial charge in [-0.2, -0.15) is 0 Å². The second kappa shape index (κ2) is 4.94. The van der Waals surface area contributed by atoms with Gasteiger partial charge in [0.2, 0.25) is 0 Å². The second-order valence-electron chi connectivity index (χ2n) is 4.80. The van der Waals surface area contributed by atoms with E-state index in [1.165, 1.54) is 5.69 Å². The normalized spacial score (nSPS) is 24.3. The fourth-order valence-electron chi connectivity index (χ4n) is 2.67. The number of hydrogen-bond acceptors (Lipinski definition) is 4. The summed E-state index contributed by atoms with van der Waals surface area (Å²) >= 11 is 0. The Bertz CT molecular complexity index is 379. The van der Waals surface area contributed by atoms with Crippen LogP contribution in [0.3, 0.4) is 0 Å². The molecule has 2 rings (SSSR count). The van der Waals surface area contributed by atoms with Crippen molar-refractivity contribution in [3.05, 3.63) is 23.8 Å². The Morgan fingerprint density at radius 1 is 1.18 bits per heavy atom. The lowest BCUT2D eigenvalue weighted by atomic mass is 10.1. The van der Waals surface area contributed by atoms with Crippen molar-refractivity contribution in [3.63, 3.8) is 0 Å². The van der Waals surface area contributed by atoms with Crippen molar-refractivity contribution in [2.24, 2.45) is 11.5 Å². The summed E-state index contributed by atoms with van der Waals surface area (Å²) in [5, 5.41) is 0. The molecule has 2 unspecified atom stereocenters. The summed E-state index contributed by atoms with van der Waals surface area (Å²) in [7, 11) is 0. The third kappa shape index (κ3) is 2.23. The van der Waals surface area contributed by atoms with Crippen LogP contribution in [-0.4, -0.2) is 25.2 Å². The lowest BCUT2D eigenvalue weighted by Gasteiger charge is -2.31. The summed E-state index contributed by atoms with van der Waals surface area (Å²) in [5.74, 6) is 0. The molecule has 2 atom stereocenters. The van der Waals surface area contributed by atoms with Crippen molar-refractivity contribution >= 4 is 11.4 Å². The van der Waals surface area contributed by atoms with E-state index in [1.54, 1.807) is 0 Å².